The Morgan fingerprint density at radius 1 is 1.19 bits per heavy atom. The van der Waals surface area contributed by atoms with Crippen molar-refractivity contribution in [1.82, 2.24) is 0 Å². The number of carbonyl (C=O) groups is 2. The maximum Gasteiger partial charge on any atom is 0.310 e. The van der Waals surface area contributed by atoms with Gasteiger partial charge in [0.1, 0.15) is 6.10 Å². The second-order valence-electron chi connectivity index (χ2n) is 6.29. The highest BCUT2D eigenvalue weighted by atomic mass is 16.5. The van der Waals surface area contributed by atoms with E-state index in [0.717, 1.165) is 38.5 Å². The summed E-state index contributed by atoms with van der Waals surface area (Å²) in [4.78, 5) is 23.6. The number of hydrogen-bond acceptors (Lipinski definition) is 3. The Bertz CT molecular complexity index is 340. The van der Waals surface area contributed by atoms with Crippen LogP contribution >= 0.6 is 0 Å². The van der Waals surface area contributed by atoms with Gasteiger partial charge in [-0.05, 0) is 38.5 Å². The summed E-state index contributed by atoms with van der Waals surface area (Å²) in [6.45, 7) is 6.22. The summed E-state index contributed by atoms with van der Waals surface area (Å²) in [5.41, 5.74) is 0. The average Bonchev–Trinajstić information content (AvgIpc) is 2.47. The number of esters is 1. The molecule has 1 fully saturated rings. The fourth-order valence-corrected chi connectivity index (χ4v) is 3.31. The average molecular weight is 298 g/mol. The molecule has 0 bridgehead atoms. The van der Waals surface area contributed by atoms with E-state index in [2.05, 4.69) is 13.8 Å². The third-order valence-corrected chi connectivity index (χ3v) is 4.80. The molecule has 4 atom stereocenters. The molecule has 21 heavy (non-hydrogen) atoms. The Labute approximate surface area is 128 Å². The standard InChI is InChI=1S/C17H30O4/c1-4-6-9-13(5-2)12(3)21-17(20)15-11-8-7-10-14(15)16(18)19/h12-15H,4-11H2,1-3H3,(H,18,19). The van der Waals surface area contributed by atoms with Crippen molar-refractivity contribution in [3.63, 3.8) is 0 Å². The first-order valence-corrected chi connectivity index (χ1v) is 8.44. The normalized spacial score (nSPS) is 25.1. The van der Waals surface area contributed by atoms with Crippen LogP contribution in [0.25, 0.3) is 0 Å². The predicted octanol–water partition coefficient (Wildman–Crippen LogP) is 4.03. The summed E-state index contributed by atoms with van der Waals surface area (Å²) in [6, 6.07) is 0. The lowest BCUT2D eigenvalue weighted by molar-refractivity contribution is -0.165. The quantitative estimate of drug-likeness (QED) is 0.687. The van der Waals surface area contributed by atoms with Crippen molar-refractivity contribution in [2.75, 3.05) is 0 Å². The zero-order valence-electron chi connectivity index (χ0n) is 13.6. The molecule has 0 aromatic heterocycles. The van der Waals surface area contributed by atoms with Gasteiger partial charge in [-0.25, -0.2) is 0 Å². The molecule has 122 valence electrons. The number of rotatable bonds is 8. The largest absolute Gasteiger partial charge is 0.481 e. The van der Waals surface area contributed by atoms with E-state index >= 15 is 0 Å². The Kier molecular flexibility index (Phi) is 7.76. The lowest BCUT2D eigenvalue weighted by Gasteiger charge is -2.30. The number of carbonyl (C=O) groups excluding carboxylic acids is 1. The fourth-order valence-electron chi connectivity index (χ4n) is 3.31. The molecule has 0 aromatic rings. The van der Waals surface area contributed by atoms with Crippen molar-refractivity contribution >= 4 is 11.9 Å². The van der Waals surface area contributed by atoms with Crippen molar-refractivity contribution in [2.45, 2.75) is 78.2 Å². The van der Waals surface area contributed by atoms with Crippen LogP contribution in [0.1, 0.15) is 72.1 Å². The van der Waals surface area contributed by atoms with Gasteiger partial charge in [0.2, 0.25) is 0 Å². The Morgan fingerprint density at radius 3 is 2.33 bits per heavy atom. The molecule has 0 radical (unpaired) electrons. The van der Waals surface area contributed by atoms with Gasteiger partial charge in [-0.2, -0.15) is 0 Å². The van der Waals surface area contributed by atoms with Gasteiger partial charge in [-0.1, -0.05) is 39.5 Å². The maximum absolute atomic E-state index is 12.3. The van der Waals surface area contributed by atoms with Crippen molar-refractivity contribution < 1.29 is 19.4 Å². The summed E-state index contributed by atoms with van der Waals surface area (Å²) in [5.74, 6) is -1.80. The van der Waals surface area contributed by atoms with E-state index in [1.165, 1.54) is 0 Å². The van der Waals surface area contributed by atoms with Gasteiger partial charge >= 0.3 is 11.9 Å². The summed E-state index contributed by atoms with van der Waals surface area (Å²) < 4.78 is 5.62. The lowest BCUT2D eigenvalue weighted by Crippen LogP contribution is -2.36. The van der Waals surface area contributed by atoms with E-state index in [9.17, 15) is 14.7 Å². The van der Waals surface area contributed by atoms with E-state index in [1.807, 2.05) is 6.92 Å². The summed E-state index contributed by atoms with van der Waals surface area (Å²) in [5, 5.41) is 9.26. The highest BCUT2D eigenvalue weighted by Gasteiger charge is 2.37. The molecule has 0 amide bonds. The van der Waals surface area contributed by atoms with E-state index in [-0.39, 0.29) is 12.1 Å². The fraction of sp³-hybridized carbons (Fsp3) is 0.882. The summed E-state index contributed by atoms with van der Waals surface area (Å²) in [7, 11) is 0. The summed E-state index contributed by atoms with van der Waals surface area (Å²) in [6.07, 6.45) is 7.27. The van der Waals surface area contributed by atoms with Crippen LogP contribution in [0.2, 0.25) is 0 Å². The molecule has 4 nitrogen and oxygen atoms in total. The molecule has 0 aromatic carbocycles. The Hall–Kier alpha value is -1.06. The summed E-state index contributed by atoms with van der Waals surface area (Å²) >= 11 is 0. The number of unbranched alkanes of at least 4 members (excludes halogenated alkanes) is 1. The van der Waals surface area contributed by atoms with Gasteiger partial charge in [0.25, 0.3) is 0 Å². The monoisotopic (exact) mass is 298 g/mol. The minimum absolute atomic E-state index is 0.120. The van der Waals surface area contributed by atoms with Crippen LogP contribution in [0, 0.1) is 17.8 Å². The van der Waals surface area contributed by atoms with E-state index in [1.54, 1.807) is 0 Å². The number of carboxylic acid groups (broad SMARTS) is 1. The van der Waals surface area contributed by atoms with Crippen molar-refractivity contribution in [3.05, 3.63) is 0 Å². The first-order chi connectivity index (χ1) is 10.0. The van der Waals surface area contributed by atoms with E-state index in [0.29, 0.717) is 18.8 Å². The molecule has 0 aliphatic heterocycles. The third-order valence-electron chi connectivity index (χ3n) is 4.80. The molecule has 1 aliphatic carbocycles. The topological polar surface area (TPSA) is 63.6 Å². The lowest BCUT2D eigenvalue weighted by atomic mass is 9.79. The second-order valence-corrected chi connectivity index (χ2v) is 6.29. The minimum Gasteiger partial charge on any atom is -0.481 e. The molecular weight excluding hydrogens is 268 g/mol. The Morgan fingerprint density at radius 2 is 1.81 bits per heavy atom. The zero-order valence-corrected chi connectivity index (χ0v) is 13.6. The molecule has 1 aliphatic rings. The van der Waals surface area contributed by atoms with Gasteiger partial charge < -0.3 is 9.84 Å². The molecular formula is C17H30O4. The third kappa shape index (κ3) is 5.33. The van der Waals surface area contributed by atoms with E-state index in [4.69, 9.17) is 4.74 Å². The first-order valence-electron chi connectivity index (χ1n) is 8.44. The first kappa shape index (κ1) is 18.0. The second kappa shape index (κ2) is 9.06. The number of carboxylic acids is 1. The molecule has 4 unspecified atom stereocenters. The number of hydrogen-bond donors (Lipinski definition) is 1. The SMILES string of the molecule is CCCCC(CC)C(C)OC(=O)C1CCCCC1C(=O)O. The molecule has 4 heteroatoms. The predicted molar refractivity (Wildman–Crippen MR) is 81.9 cm³/mol. The molecule has 1 saturated carbocycles. The van der Waals surface area contributed by atoms with Gasteiger partial charge in [0.05, 0.1) is 11.8 Å². The van der Waals surface area contributed by atoms with Crippen LogP contribution < -0.4 is 0 Å². The van der Waals surface area contributed by atoms with Crippen LogP contribution in [-0.2, 0) is 14.3 Å². The molecule has 1 N–H and O–H groups in total. The molecule has 0 heterocycles. The zero-order chi connectivity index (χ0) is 15.8. The van der Waals surface area contributed by atoms with E-state index < -0.39 is 17.8 Å². The highest BCUT2D eigenvalue weighted by molar-refractivity contribution is 5.81. The molecule has 1 rings (SSSR count). The van der Waals surface area contributed by atoms with Crippen LogP contribution in [-0.4, -0.2) is 23.1 Å². The maximum atomic E-state index is 12.3. The Balaban J connectivity index is 2.58. The van der Waals surface area contributed by atoms with Crippen molar-refractivity contribution in [2.24, 2.45) is 17.8 Å². The van der Waals surface area contributed by atoms with Gasteiger partial charge in [-0.15, -0.1) is 0 Å². The smallest absolute Gasteiger partial charge is 0.310 e. The van der Waals surface area contributed by atoms with Crippen LogP contribution in [0.4, 0.5) is 0 Å². The minimum atomic E-state index is -0.859. The van der Waals surface area contributed by atoms with Crippen LogP contribution in [0.15, 0.2) is 0 Å². The molecule has 0 spiro atoms. The van der Waals surface area contributed by atoms with Gasteiger partial charge in [0, 0.05) is 0 Å². The van der Waals surface area contributed by atoms with Crippen LogP contribution in [0.5, 0.6) is 0 Å². The molecule has 0 saturated heterocycles. The number of ether oxygens (including phenoxy) is 1. The van der Waals surface area contributed by atoms with Crippen LogP contribution in [0.3, 0.4) is 0 Å². The van der Waals surface area contributed by atoms with Gasteiger partial charge in [0.15, 0.2) is 0 Å². The van der Waals surface area contributed by atoms with Crippen molar-refractivity contribution in [1.29, 1.82) is 0 Å². The number of aliphatic carboxylic acids is 1. The van der Waals surface area contributed by atoms with Crippen molar-refractivity contribution in [3.8, 4) is 0 Å². The van der Waals surface area contributed by atoms with Gasteiger partial charge in [-0.3, -0.25) is 9.59 Å². The highest BCUT2D eigenvalue weighted by Crippen LogP contribution is 2.32.